The van der Waals surface area contributed by atoms with Gasteiger partial charge in [0.2, 0.25) is 0 Å². The second-order valence-electron chi connectivity index (χ2n) is 5.24. The first-order valence-corrected chi connectivity index (χ1v) is 6.31. The molecule has 3 heteroatoms. The van der Waals surface area contributed by atoms with Gasteiger partial charge in [0, 0.05) is 25.0 Å². The van der Waals surface area contributed by atoms with Crippen LogP contribution < -0.4 is 0 Å². The van der Waals surface area contributed by atoms with Crippen LogP contribution in [0.4, 0.5) is 0 Å². The molecule has 2 nitrogen and oxygen atoms in total. The van der Waals surface area contributed by atoms with Crippen LogP contribution in [0, 0.1) is 0 Å². The third kappa shape index (κ3) is 3.74. The molecule has 0 N–H and O–H groups in total. The predicted molar refractivity (Wildman–Crippen MR) is 72.8 cm³/mol. The van der Waals surface area contributed by atoms with Crippen LogP contribution in [0.3, 0.4) is 0 Å². The van der Waals surface area contributed by atoms with Crippen molar-refractivity contribution in [1.82, 2.24) is 4.90 Å². The molecule has 0 bridgehead atoms. The fraction of sp³-hybridized carbons (Fsp3) is 0.500. The zero-order chi connectivity index (χ0) is 13.1. The van der Waals surface area contributed by atoms with Gasteiger partial charge in [-0.05, 0) is 23.1 Å². The number of hydrogen-bond donors (Lipinski definition) is 0. The molecular formula is C14H20ClNO. The van der Waals surface area contributed by atoms with Crippen LogP contribution in [-0.4, -0.2) is 30.3 Å². The van der Waals surface area contributed by atoms with Gasteiger partial charge in [-0.15, -0.1) is 11.6 Å². The molecule has 0 spiro atoms. The summed E-state index contributed by atoms with van der Waals surface area (Å²) in [6.45, 7) is 7.04. The van der Waals surface area contributed by atoms with Crippen molar-refractivity contribution in [2.24, 2.45) is 0 Å². The van der Waals surface area contributed by atoms with E-state index in [4.69, 9.17) is 11.6 Å². The highest BCUT2D eigenvalue weighted by molar-refractivity contribution is 6.18. The molecule has 0 heterocycles. The average molecular weight is 254 g/mol. The molecular weight excluding hydrogens is 234 g/mol. The minimum atomic E-state index is 0.0195. The van der Waals surface area contributed by atoms with Crippen molar-refractivity contribution in [3.63, 3.8) is 0 Å². The minimum Gasteiger partial charge on any atom is -0.341 e. The molecule has 0 atom stereocenters. The topological polar surface area (TPSA) is 20.3 Å². The summed E-state index contributed by atoms with van der Waals surface area (Å²) in [6.07, 6.45) is 0. The summed E-state index contributed by atoms with van der Waals surface area (Å²) < 4.78 is 0. The first-order valence-electron chi connectivity index (χ1n) is 5.78. The molecule has 1 aromatic rings. The van der Waals surface area contributed by atoms with Gasteiger partial charge in [-0.25, -0.2) is 0 Å². The Labute approximate surface area is 109 Å². The van der Waals surface area contributed by atoms with Crippen LogP contribution in [0.2, 0.25) is 0 Å². The van der Waals surface area contributed by atoms with Crippen LogP contribution in [0.5, 0.6) is 0 Å². The number of carbonyl (C=O) groups is 1. The number of hydrogen-bond acceptors (Lipinski definition) is 1. The third-order valence-electron chi connectivity index (χ3n) is 2.76. The van der Waals surface area contributed by atoms with Gasteiger partial charge in [0.25, 0.3) is 5.91 Å². The Bertz CT molecular complexity index is 378. The van der Waals surface area contributed by atoms with Gasteiger partial charge < -0.3 is 4.90 Å². The minimum absolute atomic E-state index is 0.0195. The Morgan fingerprint density at radius 1 is 1.24 bits per heavy atom. The molecule has 17 heavy (non-hydrogen) atoms. The number of rotatable bonds is 3. The zero-order valence-corrected chi connectivity index (χ0v) is 11.7. The number of benzene rings is 1. The number of amides is 1. The fourth-order valence-corrected chi connectivity index (χ4v) is 1.82. The first-order chi connectivity index (χ1) is 7.86. The average Bonchev–Trinajstić information content (AvgIpc) is 2.27. The molecule has 0 fully saturated rings. The van der Waals surface area contributed by atoms with Gasteiger partial charge in [-0.2, -0.15) is 0 Å². The summed E-state index contributed by atoms with van der Waals surface area (Å²) in [4.78, 5) is 13.6. The van der Waals surface area contributed by atoms with Crippen molar-refractivity contribution in [2.75, 3.05) is 19.5 Å². The molecule has 0 aliphatic carbocycles. The first kappa shape index (κ1) is 14.0. The molecule has 0 saturated heterocycles. The van der Waals surface area contributed by atoms with E-state index in [1.54, 1.807) is 11.9 Å². The van der Waals surface area contributed by atoms with E-state index in [1.807, 2.05) is 24.3 Å². The van der Waals surface area contributed by atoms with Crippen molar-refractivity contribution in [2.45, 2.75) is 26.2 Å². The molecule has 0 aliphatic rings. The van der Waals surface area contributed by atoms with E-state index in [9.17, 15) is 4.79 Å². The summed E-state index contributed by atoms with van der Waals surface area (Å²) in [5, 5.41) is 0. The van der Waals surface area contributed by atoms with E-state index in [1.165, 1.54) is 5.56 Å². The van der Waals surface area contributed by atoms with E-state index in [0.717, 1.165) is 0 Å². The Morgan fingerprint density at radius 3 is 2.18 bits per heavy atom. The molecule has 0 saturated carbocycles. The maximum atomic E-state index is 12.0. The van der Waals surface area contributed by atoms with Crippen molar-refractivity contribution in [3.05, 3.63) is 35.4 Å². The largest absolute Gasteiger partial charge is 0.341 e. The Balaban J connectivity index is 2.84. The zero-order valence-electron chi connectivity index (χ0n) is 11.0. The van der Waals surface area contributed by atoms with E-state index in [2.05, 4.69) is 20.8 Å². The van der Waals surface area contributed by atoms with Gasteiger partial charge in [0.1, 0.15) is 0 Å². The lowest BCUT2D eigenvalue weighted by Gasteiger charge is -2.20. The molecule has 0 radical (unpaired) electrons. The molecule has 1 aromatic carbocycles. The van der Waals surface area contributed by atoms with E-state index >= 15 is 0 Å². The number of alkyl halides is 1. The van der Waals surface area contributed by atoms with E-state index in [-0.39, 0.29) is 11.3 Å². The molecule has 0 aromatic heterocycles. The van der Waals surface area contributed by atoms with Crippen molar-refractivity contribution < 1.29 is 4.79 Å². The molecule has 1 amide bonds. The summed E-state index contributed by atoms with van der Waals surface area (Å²) in [5.74, 6) is 0.480. The van der Waals surface area contributed by atoms with Gasteiger partial charge in [-0.1, -0.05) is 32.9 Å². The molecule has 1 rings (SSSR count). The SMILES string of the molecule is CN(CCCl)C(=O)c1ccc(C(C)(C)C)cc1. The highest BCUT2D eigenvalue weighted by atomic mass is 35.5. The second kappa shape index (κ2) is 5.54. The predicted octanol–water partition coefficient (Wildman–Crippen LogP) is 3.29. The second-order valence-corrected chi connectivity index (χ2v) is 5.62. The maximum Gasteiger partial charge on any atom is 0.253 e. The fourth-order valence-electron chi connectivity index (χ4n) is 1.56. The summed E-state index contributed by atoms with van der Waals surface area (Å²) in [7, 11) is 1.77. The lowest BCUT2D eigenvalue weighted by molar-refractivity contribution is 0.0803. The normalized spacial score (nSPS) is 11.4. The molecule has 94 valence electrons. The van der Waals surface area contributed by atoms with Crippen molar-refractivity contribution in [3.8, 4) is 0 Å². The molecule has 0 aliphatic heterocycles. The van der Waals surface area contributed by atoms with Gasteiger partial charge in [0.15, 0.2) is 0 Å². The number of halogens is 1. The standard InChI is InChI=1S/C14H20ClNO/c1-14(2,3)12-7-5-11(6-8-12)13(17)16(4)10-9-15/h5-8H,9-10H2,1-4H3. The Hall–Kier alpha value is -1.02. The highest BCUT2D eigenvalue weighted by Gasteiger charge is 2.15. The van der Waals surface area contributed by atoms with Crippen LogP contribution >= 0.6 is 11.6 Å². The number of carbonyl (C=O) groups excluding carboxylic acids is 1. The van der Waals surface area contributed by atoms with Gasteiger partial charge in [-0.3, -0.25) is 4.79 Å². The van der Waals surface area contributed by atoms with E-state index in [0.29, 0.717) is 18.0 Å². The Kier molecular flexibility index (Phi) is 4.58. The third-order valence-corrected chi connectivity index (χ3v) is 2.93. The van der Waals surface area contributed by atoms with Crippen molar-refractivity contribution in [1.29, 1.82) is 0 Å². The monoisotopic (exact) mass is 253 g/mol. The Morgan fingerprint density at radius 2 is 1.76 bits per heavy atom. The molecule has 0 unspecified atom stereocenters. The van der Waals surface area contributed by atoms with Crippen LogP contribution in [0.1, 0.15) is 36.7 Å². The van der Waals surface area contributed by atoms with Gasteiger partial charge in [0.05, 0.1) is 0 Å². The quantitative estimate of drug-likeness (QED) is 0.757. The highest BCUT2D eigenvalue weighted by Crippen LogP contribution is 2.22. The van der Waals surface area contributed by atoms with Gasteiger partial charge >= 0.3 is 0 Å². The lowest BCUT2D eigenvalue weighted by atomic mass is 9.86. The lowest BCUT2D eigenvalue weighted by Crippen LogP contribution is -2.28. The van der Waals surface area contributed by atoms with Crippen molar-refractivity contribution >= 4 is 17.5 Å². The van der Waals surface area contributed by atoms with Crippen LogP contribution in [-0.2, 0) is 5.41 Å². The summed E-state index contributed by atoms with van der Waals surface area (Å²) in [6, 6.07) is 7.80. The van der Waals surface area contributed by atoms with Crippen LogP contribution in [0.15, 0.2) is 24.3 Å². The van der Waals surface area contributed by atoms with E-state index < -0.39 is 0 Å². The number of nitrogens with zero attached hydrogens (tertiary/aromatic N) is 1. The summed E-state index contributed by atoms with van der Waals surface area (Å²) in [5.41, 5.74) is 2.06. The van der Waals surface area contributed by atoms with Crippen LogP contribution in [0.25, 0.3) is 0 Å². The summed E-state index contributed by atoms with van der Waals surface area (Å²) >= 11 is 5.62. The maximum absolute atomic E-state index is 12.0. The smallest absolute Gasteiger partial charge is 0.253 e.